The van der Waals surface area contributed by atoms with Crippen LogP contribution in [0.25, 0.3) is 16.7 Å². The van der Waals surface area contributed by atoms with E-state index in [9.17, 15) is 19.7 Å². The highest BCUT2D eigenvalue weighted by Gasteiger charge is 2.26. The maximum Gasteiger partial charge on any atom is 0.294 e. The first-order valence-electron chi connectivity index (χ1n) is 9.97. The van der Waals surface area contributed by atoms with Crippen LogP contribution in [-0.2, 0) is 11.3 Å². The van der Waals surface area contributed by atoms with Crippen LogP contribution < -0.4 is 5.56 Å². The van der Waals surface area contributed by atoms with Crippen molar-refractivity contribution in [2.75, 3.05) is 6.54 Å². The topological polar surface area (TPSA) is 116 Å². The van der Waals surface area contributed by atoms with Crippen LogP contribution in [0, 0.1) is 10.1 Å². The van der Waals surface area contributed by atoms with Gasteiger partial charge in [0.25, 0.3) is 11.2 Å². The third kappa shape index (κ3) is 3.44. The minimum absolute atomic E-state index is 0.0884. The zero-order valence-corrected chi connectivity index (χ0v) is 16.6. The number of hydrogen-bond donors (Lipinski definition) is 0. The Morgan fingerprint density at radius 3 is 2.87 bits per heavy atom. The summed E-state index contributed by atoms with van der Waals surface area (Å²) < 4.78 is 2.55. The number of hydrogen-bond acceptors (Lipinski definition) is 6. The zero-order chi connectivity index (χ0) is 21.3. The third-order valence-electron chi connectivity index (χ3n) is 5.59. The normalized spacial score (nSPS) is 16.7. The van der Waals surface area contributed by atoms with E-state index in [2.05, 4.69) is 17.0 Å². The van der Waals surface area contributed by atoms with E-state index in [0.29, 0.717) is 6.54 Å². The number of carbonyl (C=O) groups is 1. The second kappa shape index (κ2) is 8.05. The van der Waals surface area contributed by atoms with Crippen molar-refractivity contribution < 1.29 is 9.72 Å². The average Bonchev–Trinajstić information content (AvgIpc) is 3.20. The van der Waals surface area contributed by atoms with Crippen LogP contribution in [0.3, 0.4) is 0 Å². The van der Waals surface area contributed by atoms with Gasteiger partial charge in [0.2, 0.25) is 5.91 Å². The van der Waals surface area contributed by atoms with Gasteiger partial charge >= 0.3 is 0 Å². The maximum atomic E-state index is 12.9. The smallest absolute Gasteiger partial charge is 0.294 e. The van der Waals surface area contributed by atoms with Gasteiger partial charge in [0.05, 0.1) is 11.1 Å². The van der Waals surface area contributed by atoms with Crippen molar-refractivity contribution >= 4 is 22.6 Å². The summed E-state index contributed by atoms with van der Waals surface area (Å²) in [5, 5.41) is 15.7. The summed E-state index contributed by atoms with van der Waals surface area (Å²) in [4.78, 5) is 42.7. The lowest BCUT2D eigenvalue weighted by Crippen LogP contribution is -2.45. The van der Waals surface area contributed by atoms with Gasteiger partial charge in [-0.1, -0.05) is 19.1 Å². The predicted molar refractivity (Wildman–Crippen MR) is 109 cm³/mol. The molecule has 3 aromatic rings. The van der Waals surface area contributed by atoms with Gasteiger partial charge in [-0.25, -0.2) is 9.67 Å². The lowest BCUT2D eigenvalue weighted by Gasteiger charge is -2.35. The molecular formula is C20H22N6O4. The fourth-order valence-corrected chi connectivity index (χ4v) is 4.03. The second-order valence-corrected chi connectivity index (χ2v) is 7.36. The molecule has 10 nitrogen and oxygen atoms in total. The highest BCUT2D eigenvalue weighted by atomic mass is 16.6. The van der Waals surface area contributed by atoms with Crippen LogP contribution >= 0.6 is 0 Å². The molecule has 0 aliphatic carbocycles. The Balaban J connectivity index is 1.68. The monoisotopic (exact) mass is 410 g/mol. The lowest BCUT2D eigenvalue weighted by atomic mass is 10.00. The Labute approximate surface area is 171 Å². The molecule has 1 atom stereocenters. The number of nitrogens with zero attached hydrogens (tertiary/aromatic N) is 6. The molecule has 3 heterocycles. The van der Waals surface area contributed by atoms with Gasteiger partial charge in [0.15, 0.2) is 5.65 Å². The highest BCUT2D eigenvalue weighted by Crippen LogP contribution is 2.24. The fraction of sp³-hybridized carbons (Fsp3) is 0.400. The summed E-state index contributed by atoms with van der Waals surface area (Å²) in [6.07, 6.45) is 6.59. The summed E-state index contributed by atoms with van der Waals surface area (Å²) >= 11 is 0. The van der Waals surface area contributed by atoms with E-state index < -0.39 is 10.5 Å². The standard InChI is InChI=1S/C20H22N6O4/c1-2-14-7-5-6-10-24(14)18(27)12-23-13-21-19-15(20(23)28)11-22-25(19)16-8-3-4-9-17(16)26(29)30/h3-4,8-9,11,13-14H,2,5-7,10,12H2,1H3. The number of carbonyl (C=O) groups excluding carboxylic acids is 1. The van der Waals surface area contributed by atoms with Gasteiger partial charge in [0, 0.05) is 18.7 Å². The number of benzene rings is 1. The minimum Gasteiger partial charge on any atom is -0.338 e. The molecule has 2 aromatic heterocycles. The predicted octanol–water partition coefficient (Wildman–Crippen LogP) is 2.28. The van der Waals surface area contributed by atoms with Crippen LogP contribution in [0.15, 0.2) is 41.6 Å². The Bertz CT molecular complexity index is 1170. The Hall–Kier alpha value is -3.56. The largest absolute Gasteiger partial charge is 0.338 e. The molecule has 10 heteroatoms. The maximum absolute atomic E-state index is 12.9. The van der Waals surface area contributed by atoms with Crippen LogP contribution in [0.2, 0.25) is 0 Å². The molecule has 0 bridgehead atoms. The molecule has 1 unspecified atom stereocenters. The van der Waals surface area contributed by atoms with Crippen molar-refractivity contribution in [1.29, 1.82) is 0 Å². The average molecular weight is 410 g/mol. The number of fused-ring (bicyclic) bond motifs is 1. The molecule has 1 aliphatic heterocycles. The summed E-state index contributed by atoms with van der Waals surface area (Å²) in [6.45, 7) is 2.68. The Kier molecular flexibility index (Phi) is 5.30. The number of piperidine rings is 1. The van der Waals surface area contributed by atoms with Gasteiger partial charge in [0.1, 0.15) is 23.9 Å². The van der Waals surface area contributed by atoms with E-state index in [1.807, 2.05) is 4.90 Å². The van der Waals surface area contributed by atoms with E-state index >= 15 is 0 Å². The van der Waals surface area contributed by atoms with Gasteiger partial charge < -0.3 is 4.90 Å². The summed E-state index contributed by atoms with van der Waals surface area (Å²) in [5.74, 6) is -0.101. The quantitative estimate of drug-likeness (QED) is 0.471. The van der Waals surface area contributed by atoms with Crippen LogP contribution in [0.1, 0.15) is 32.6 Å². The van der Waals surface area contributed by atoms with E-state index in [0.717, 1.165) is 25.7 Å². The number of nitro groups is 1. The first-order valence-corrected chi connectivity index (χ1v) is 9.97. The first-order chi connectivity index (χ1) is 14.5. The van der Waals surface area contributed by atoms with E-state index in [1.165, 1.54) is 27.8 Å². The summed E-state index contributed by atoms with van der Waals surface area (Å²) in [7, 11) is 0. The van der Waals surface area contributed by atoms with Gasteiger partial charge in [-0.05, 0) is 31.7 Å². The molecule has 1 saturated heterocycles. The number of rotatable bonds is 5. The molecule has 156 valence electrons. The Morgan fingerprint density at radius 2 is 2.10 bits per heavy atom. The second-order valence-electron chi connectivity index (χ2n) is 7.36. The number of para-hydroxylation sites is 2. The van der Waals surface area contributed by atoms with Crippen LogP contribution in [0.4, 0.5) is 5.69 Å². The van der Waals surface area contributed by atoms with Crippen molar-refractivity contribution in [3.8, 4) is 5.69 Å². The third-order valence-corrected chi connectivity index (χ3v) is 5.59. The Morgan fingerprint density at radius 1 is 1.30 bits per heavy atom. The van der Waals surface area contributed by atoms with E-state index in [1.54, 1.807) is 18.2 Å². The van der Waals surface area contributed by atoms with E-state index in [-0.39, 0.29) is 40.9 Å². The number of nitro benzene ring substituents is 1. The summed E-state index contributed by atoms with van der Waals surface area (Å²) in [5.41, 5.74) is -0.109. The van der Waals surface area contributed by atoms with Crippen molar-refractivity contribution in [3.63, 3.8) is 0 Å². The van der Waals surface area contributed by atoms with Crippen LogP contribution in [0.5, 0.6) is 0 Å². The molecule has 1 aromatic carbocycles. The van der Waals surface area contributed by atoms with Crippen molar-refractivity contribution in [1.82, 2.24) is 24.2 Å². The van der Waals surface area contributed by atoms with Crippen molar-refractivity contribution in [3.05, 3.63) is 57.3 Å². The van der Waals surface area contributed by atoms with Crippen molar-refractivity contribution in [2.45, 2.75) is 45.2 Å². The highest BCUT2D eigenvalue weighted by molar-refractivity contribution is 5.78. The van der Waals surface area contributed by atoms with Crippen LogP contribution in [-0.4, -0.2) is 47.6 Å². The molecule has 4 rings (SSSR count). The van der Waals surface area contributed by atoms with E-state index in [4.69, 9.17) is 0 Å². The van der Waals surface area contributed by atoms with Gasteiger partial charge in [-0.3, -0.25) is 24.3 Å². The number of aromatic nitrogens is 4. The molecule has 0 spiro atoms. The zero-order valence-electron chi connectivity index (χ0n) is 16.6. The molecule has 30 heavy (non-hydrogen) atoms. The molecule has 0 N–H and O–H groups in total. The molecule has 0 saturated carbocycles. The minimum atomic E-state index is -0.508. The number of amides is 1. The molecular weight excluding hydrogens is 388 g/mol. The number of likely N-dealkylation sites (tertiary alicyclic amines) is 1. The lowest BCUT2D eigenvalue weighted by molar-refractivity contribution is -0.384. The molecule has 0 radical (unpaired) electrons. The molecule has 1 aliphatic rings. The molecule has 1 amide bonds. The van der Waals surface area contributed by atoms with Gasteiger partial charge in [-0.15, -0.1) is 0 Å². The van der Waals surface area contributed by atoms with Crippen molar-refractivity contribution in [2.24, 2.45) is 0 Å². The van der Waals surface area contributed by atoms with Gasteiger partial charge in [-0.2, -0.15) is 5.10 Å². The first kappa shape index (κ1) is 19.7. The summed E-state index contributed by atoms with van der Waals surface area (Å²) in [6, 6.07) is 6.33. The molecule has 1 fully saturated rings. The fourth-order valence-electron chi connectivity index (χ4n) is 4.03. The SMILES string of the molecule is CCC1CCCCN1C(=O)Cn1cnc2c(cnn2-c2ccccc2[N+](=O)[O-])c1=O.